The van der Waals surface area contributed by atoms with Crippen LogP contribution in [0.3, 0.4) is 0 Å². The zero-order chi connectivity index (χ0) is 16.7. The van der Waals surface area contributed by atoms with Crippen LogP contribution >= 0.6 is 28.3 Å². The fourth-order valence-corrected chi connectivity index (χ4v) is 3.61. The normalized spacial score (nSPS) is 16.5. The smallest absolute Gasteiger partial charge is 0.226 e. The van der Waals surface area contributed by atoms with Crippen LogP contribution in [0.5, 0.6) is 0 Å². The first-order valence-corrected chi connectivity index (χ1v) is 9.12. The quantitative estimate of drug-likeness (QED) is 0.737. The van der Waals surface area contributed by atoms with Crippen molar-refractivity contribution in [1.29, 1.82) is 0 Å². The Morgan fingerprint density at radius 3 is 2.71 bits per heavy atom. The predicted molar refractivity (Wildman–Crippen MR) is 104 cm³/mol. The Kier molecular flexibility index (Phi) is 9.89. The summed E-state index contributed by atoms with van der Waals surface area (Å²) >= 11 is 3.51. The summed E-state index contributed by atoms with van der Waals surface area (Å²) in [6, 6.07) is 8.76. The lowest BCUT2D eigenvalue weighted by atomic mass is 9.93. The van der Waals surface area contributed by atoms with Crippen LogP contribution < -0.4 is 5.32 Å². The number of rotatable bonds is 7. The molecule has 0 saturated carbocycles. The van der Waals surface area contributed by atoms with Gasteiger partial charge in [0.2, 0.25) is 5.91 Å². The van der Waals surface area contributed by atoms with Crippen LogP contribution in [0.4, 0.5) is 0 Å². The minimum atomic E-state index is -0.00427. The Labute approximate surface area is 159 Å². The summed E-state index contributed by atoms with van der Waals surface area (Å²) in [7, 11) is 3.69. The van der Waals surface area contributed by atoms with Gasteiger partial charge in [0.15, 0.2) is 0 Å². The molecule has 0 aromatic heterocycles. The predicted octanol–water partition coefficient (Wildman–Crippen LogP) is 3.28. The van der Waals surface area contributed by atoms with Gasteiger partial charge in [-0.05, 0) is 50.4 Å². The Balaban J connectivity index is 0.00000288. The second-order valence-corrected chi connectivity index (χ2v) is 7.12. The molecule has 1 fully saturated rings. The van der Waals surface area contributed by atoms with E-state index in [1.165, 1.54) is 5.56 Å². The van der Waals surface area contributed by atoms with E-state index in [0.717, 1.165) is 43.2 Å². The molecule has 1 aromatic carbocycles. The maximum absolute atomic E-state index is 12.9. The SMILES string of the molecule is CNC1CCN(C(=O)C(CCOC)Cc2cccc(Br)c2)CC1.Cl. The maximum atomic E-state index is 12.9. The van der Waals surface area contributed by atoms with Gasteiger partial charge in [-0.1, -0.05) is 28.1 Å². The van der Waals surface area contributed by atoms with Gasteiger partial charge in [-0.2, -0.15) is 0 Å². The molecule has 1 aliphatic heterocycles. The largest absolute Gasteiger partial charge is 0.385 e. The standard InChI is InChI=1S/C18H27BrN2O2.ClH/c1-20-17-6-9-21(10-7-17)18(22)15(8-11-23-2)12-14-4-3-5-16(19)13-14;/h3-5,13,15,17,20H,6-12H2,1-2H3;1H. The average Bonchev–Trinajstić information content (AvgIpc) is 2.58. The lowest BCUT2D eigenvalue weighted by Crippen LogP contribution is -2.46. The third-order valence-electron chi connectivity index (χ3n) is 4.61. The summed E-state index contributed by atoms with van der Waals surface area (Å²) in [5.41, 5.74) is 1.19. The van der Waals surface area contributed by atoms with Gasteiger partial charge in [0.25, 0.3) is 0 Å². The molecule has 1 aliphatic rings. The van der Waals surface area contributed by atoms with E-state index in [2.05, 4.69) is 33.4 Å². The first-order chi connectivity index (χ1) is 11.1. The summed E-state index contributed by atoms with van der Waals surface area (Å²) in [5, 5.41) is 3.31. The lowest BCUT2D eigenvalue weighted by molar-refractivity contribution is -0.137. The van der Waals surface area contributed by atoms with Crippen molar-refractivity contribution in [2.24, 2.45) is 5.92 Å². The Morgan fingerprint density at radius 1 is 1.42 bits per heavy atom. The third kappa shape index (κ3) is 6.36. The molecular weight excluding hydrogens is 392 g/mol. The molecule has 0 aliphatic carbocycles. The van der Waals surface area contributed by atoms with E-state index in [-0.39, 0.29) is 24.2 Å². The van der Waals surface area contributed by atoms with Gasteiger partial charge in [0.05, 0.1) is 0 Å². The van der Waals surface area contributed by atoms with Crippen LogP contribution in [-0.2, 0) is 16.0 Å². The molecule has 1 amide bonds. The van der Waals surface area contributed by atoms with Gasteiger partial charge in [-0.3, -0.25) is 4.79 Å². The number of amides is 1. The molecule has 6 heteroatoms. The van der Waals surface area contributed by atoms with Crippen molar-refractivity contribution in [2.45, 2.75) is 31.7 Å². The number of benzene rings is 1. The summed E-state index contributed by atoms with van der Waals surface area (Å²) in [6.45, 7) is 2.33. The van der Waals surface area contributed by atoms with Crippen molar-refractivity contribution in [1.82, 2.24) is 10.2 Å². The molecule has 1 atom stereocenters. The zero-order valence-corrected chi connectivity index (χ0v) is 16.9. The van der Waals surface area contributed by atoms with Crippen LogP contribution in [0.15, 0.2) is 28.7 Å². The molecule has 2 rings (SSSR count). The summed E-state index contributed by atoms with van der Waals surface area (Å²) in [4.78, 5) is 15.0. The highest BCUT2D eigenvalue weighted by Gasteiger charge is 2.27. The summed E-state index contributed by atoms with van der Waals surface area (Å²) in [6.07, 6.45) is 3.62. The number of ether oxygens (including phenoxy) is 1. The van der Waals surface area contributed by atoms with Gasteiger partial charge in [-0.25, -0.2) is 0 Å². The fraction of sp³-hybridized carbons (Fsp3) is 0.611. The molecule has 1 saturated heterocycles. The minimum Gasteiger partial charge on any atom is -0.385 e. The van der Waals surface area contributed by atoms with E-state index >= 15 is 0 Å². The molecule has 0 radical (unpaired) electrons. The van der Waals surface area contributed by atoms with Crippen LogP contribution in [-0.4, -0.2) is 50.7 Å². The Morgan fingerprint density at radius 2 is 2.12 bits per heavy atom. The number of carbonyl (C=O) groups is 1. The summed E-state index contributed by atoms with van der Waals surface area (Å²) < 4.78 is 6.27. The highest BCUT2D eigenvalue weighted by Crippen LogP contribution is 2.21. The van der Waals surface area contributed by atoms with E-state index in [0.29, 0.717) is 12.6 Å². The van der Waals surface area contributed by atoms with Gasteiger partial charge < -0.3 is 15.0 Å². The van der Waals surface area contributed by atoms with Crippen LogP contribution in [0, 0.1) is 5.92 Å². The van der Waals surface area contributed by atoms with Crippen LogP contribution in [0.1, 0.15) is 24.8 Å². The molecular formula is C18H28BrClN2O2. The number of hydrogen-bond donors (Lipinski definition) is 1. The minimum absolute atomic E-state index is 0. The van der Waals surface area contributed by atoms with Gasteiger partial charge in [0.1, 0.15) is 0 Å². The number of carbonyl (C=O) groups excluding carboxylic acids is 1. The number of likely N-dealkylation sites (tertiary alicyclic amines) is 1. The molecule has 0 spiro atoms. The third-order valence-corrected chi connectivity index (χ3v) is 5.10. The van der Waals surface area contributed by atoms with E-state index in [9.17, 15) is 4.79 Å². The molecule has 0 bridgehead atoms. The maximum Gasteiger partial charge on any atom is 0.226 e. The average molecular weight is 420 g/mol. The number of piperidine rings is 1. The fourth-order valence-electron chi connectivity index (χ4n) is 3.17. The number of nitrogens with one attached hydrogen (secondary N) is 1. The number of halogens is 2. The van der Waals surface area contributed by atoms with Crippen molar-refractivity contribution in [2.75, 3.05) is 33.9 Å². The molecule has 24 heavy (non-hydrogen) atoms. The topological polar surface area (TPSA) is 41.6 Å². The Hall–Kier alpha value is -0.620. The molecule has 4 nitrogen and oxygen atoms in total. The van der Waals surface area contributed by atoms with Crippen molar-refractivity contribution in [3.05, 3.63) is 34.3 Å². The highest BCUT2D eigenvalue weighted by atomic mass is 79.9. The first kappa shape index (κ1) is 21.4. The van der Waals surface area contributed by atoms with Crippen LogP contribution in [0.25, 0.3) is 0 Å². The van der Waals surface area contributed by atoms with Crippen molar-refractivity contribution < 1.29 is 9.53 Å². The molecule has 136 valence electrons. The van der Waals surface area contributed by atoms with Gasteiger partial charge in [0, 0.05) is 43.2 Å². The zero-order valence-electron chi connectivity index (χ0n) is 14.5. The van der Waals surface area contributed by atoms with Gasteiger partial charge >= 0.3 is 0 Å². The Bertz CT molecular complexity index is 508. The molecule has 1 heterocycles. The number of hydrogen-bond acceptors (Lipinski definition) is 3. The second-order valence-electron chi connectivity index (χ2n) is 6.20. The molecule has 1 N–H and O–H groups in total. The lowest BCUT2D eigenvalue weighted by Gasteiger charge is -2.34. The molecule has 1 aromatic rings. The van der Waals surface area contributed by atoms with E-state index in [1.54, 1.807) is 7.11 Å². The van der Waals surface area contributed by atoms with Crippen molar-refractivity contribution in [3.8, 4) is 0 Å². The van der Waals surface area contributed by atoms with E-state index in [1.807, 2.05) is 24.1 Å². The number of nitrogens with zero attached hydrogens (tertiary/aromatic N) is 1. The number of methoxy groups -OCH3 is 1. The van der Waals surface area contributed by atoms with Gasteiger partial charge in [-0.15, -0.1) is 12.4 Å². The summed E-state index contributed by atoms with van der Waals surface area (Å²) in [5.74, 6) is 0.270. The van der Waals surface area contributed by atoms with E-state index < -0.39 is 0 Å². The first-order valence-electron chi connectivity index (χ1n) is 8.33. The van der Waals surface area contributed by atoms with Crippen molar-refractivity contribution >= 4 is 34.2 Å². The monoisotopic (exact) mass is 418 g/mol. The van der Waals surface area contributed by atoms with Crippen molar-refractivity contribution in [3.63, 3.8) is 0 Å². The second kappa shape index (κ2) is 11.1. The van der Waals surface area contributed by atoms with E-state index in [4.69, 9.17) is 4.74 Å². The highest BCUT2D eigenvalue weighted by molar-refractivity contribution is 9.10. The molecule has 1 unspecified atom stereocenters. The van der Waals surface area contributed by atoms with Crippen LogP contribution in [0.2, 0.25) is 0 Å².